The molecule has 0 bridgehead atoms. The van der Waals surface area contributed by atoms with Crippen molar-refractivity contribution in [2.24, 2.45) is 7.05 Å². The molecule has 27 heavy (non-hydrogen) atoms. The highest BCUT2D eigenvalue weighted by Gasteiger charge is 2.27. The van der Waals surface area contributed by atoms with Crippen LogP contribution in [0.2, 0.25) is 5.15 Å². The normalized spacial score (nSPS) is 15.0. The predicted molar refractivity (Wildman–Crippen MR) is 100 cm³/mol. The Morgan fingerprint density at radius 1 is 1.26 bits per heavy atom. The van der Waals surface area contributed by atoms with Crippen molar-refractivity contribution in [3.8, 4) is 0 Å². The molecule has 0 saturated carbocycles. The van der Waals surface area contributed by atoms with Gasteiger partial charge < -0.3 is 10.2 Å². The van der Waals surface area contributed by atoms with Gasteiger partial charge in [-0.1, -0.05) is 17.7 Å². The number of benzene rings is 1. The molecule has 1 fully saturated rings. The first-order chi connectivity index (χ1) is 12.8. The zero-order chi connectivity index (χ0) is 19.6. The van der Waals surface area contributed by atoms with E-state index in [0.29, 0.717) is 48.3 Å². The summed E-state index contributed by atoms with van der Waals surface area (Å²) in [6.45, 7) is 4.07. The Bertz CT molecular complexity index is 861. The third kappa shape index (κ3) is 4.45. The van der Waals surface area contributed by atoms with E-state index in [4.69, 9.17) is 11.6 Å². The Kier molecular flexibility index (Phi) is 5.76. The lowest BCUT2D eigenvalue weighted by Crippen LogP contribution is -2.50. The molecule has 0 unspecified atom stereocenters. The van der Waals surface area contributed by atoms with Crippen molar-refractivity contribution in [1.82, 2.24) is 19.6 Å². The maximum atomic E-state index is 13.2. The van der Waals surface area contributed by atoms with Crippen LogP contribution in [0.25, 0.3) is 0 Å². The summed E-state index contributed by atoms with van der Waals surface area (Å²) in [6.07, 6.45) is 0. The Balaban J connectivity index is 1.53. The minimum Gasteiger partial charge on any atom is -0.336 e. The quantitative estimate of drug-likeness (QED) is 0.861. The van der Waals surface area contributed by atoms with Crippen LogP contribution >= 0.6 is 11.6 Å². The van der Waals surface area contributed by atoms with Crippen LogP contribution in [0.15, 0.2) is 24.3 Å². The molecule has 1 saturated heterocycles. The first kappa shape index (κ1) is 19.3. The van der Waals surface area contributed by atoms with Crippen molar-refractivity contribution in [2.75, 3.05) is 38.0 Å². The lowest BCUT2D eigenvalue weighted by molar-refractivity contribution is -0.117. The number of amides is 2. The summed E-state index contributed by atoms with van der Waals surface area (Å²) < 4.78 is 14.7. The number of nitrogens with zero attached hydrogens (tertiary/aromatic N) is 4. The summed E-state index contributed by atoms with van der Waals surface area (Å²) in [5.41, 5.74) is 1.45. The number of aromatic nitrogens is 2. The average molecular weight is 394 g/mol. The van der Waals surface area contributed by atoms with E-state index in [0.717, 1.165) is 0 Å². The number of rotatable bonds is 4. The van der Waals surface area contributed by atoms with Gasteiger partial charge in [0.15, 0.2) is 0 Å². The number of hydrogen-bond donors (Lipinski definition) is 1. The minimum absolute atomic E-state index is 0.144. The summed E-state index contributed by atoms with van der Waals surface area (Å²) in [4.78, 5) is 28.5. The SMILES string of the molecule is Cc1nn(C)c(Cl)c1C(=O)N1CCN(CC(=O)Nc2cccc(F)c2)CC1. The average Bonchev–Trinajstić information content (AvgIpc) is 2.87. The van der Waals surface area contributed by atoms with Crippen molar-refractivity contribution in [1.29, 1.82) is 0 Å². The van der Waals surface area contributed by atoms with Gasteiger partial charge in [-0.3, -0.25) is 19.2 Å². The highest BCUT2D eigenvalue weighted by atomic mass is 35.5. The molecule has 3 rings (SSSR count). The highest BCUT2D eigenvalue weighted by Crippen LogP contribution is 2.21. The van der Waals surface area contributed by atoms with Crippen LogP contribution in [-0.2, 0) is 11.8 Å². The van der Waals surface area contributed by atoms with Gasteiger partial charge in [-0.15, -0.1) is 0 Å². The van der Waals surface area contributed by atoms with Crippen LogP contribution < -0.4 is 5.32 Å². The fourth-order valence-electron chi connectivity index (χ4n) is 3.11. The van der Waals surface area contributed by atoms with Crippen LogP contribution in [0, 0.1) is 12.7 Å². The van der Waals surface area contributed by atoms with Crippen LogP contribution in [-0.4, -0.2) is 64.1 Å². The summed E-state index contributed by atoms with van der Waals surface area (Å²) in [5.74, 6) is -0.759. The summed E-state index contributed by atoms with van der Waals surface area (Å²) in [5, 5.41) is 7.18. The van der Waals surface area contributed by atoms with Crippen molar-refractivity contribution in [2.45, 2.75) is 6.92 Å². The van der Waals surface area contributed by atoms with E-state index in [1.807, 2.05) is 4.90 Å². The van der Waals surface area contributed by atoms with E-state index in [1.54, 1.807) is 31.0 Å². The Morgan fingerprint density at radius 3 is 2.56 bits per heavy atom. The van der Waals surface area contributed by atoms with Crippen molar-refractivity contribution < 1.29 is 14.0 Å². The number of halogens is 2. The second-order valence-corrected chi connectivity index (χ2v) is 6.86. The third-order valence-electron chi connectivity index (χ3n) is 4.50. The van der Waals surface area contributed by atoms with Gasteiger partial charge in [0.05, 0.1) is 17.8 Å². The maximum Gasteiger partial charge on any atom is 0.258 e. The number of nitrogens with one attached hydrogen (secondary N) is 1. The summed E-state index contributed by atoms with van der Waals surface area (Å²) in [7, 11) is 1.70. The molecule has 144 valence electrons. The van der Waals surface area contributed by atoms with Gasteiger partial charge in [0.1, 0.15) is 11.0 Å². The third-order valence-corrected chi connectivity index (χ3v) is 4.93. The van der Waals surface area contributed by atoms with E-state index in [1.165, 1.54) is 16.8 Å². The van der Waals surface area contributed by atoms with E-state index < -0.39 is 5.82 Å². The Hall–Kier alpha value is -2.45. The van der Waals surface area contributed by atoms with Crippen LogP contribution in [0.1, 0.15) is 16.1 Å². The number of aryl methyl sites for hydroxylation is 2. The van der Waals surface area contributed by atoms with Gasteiger partial charge >= 0.3 is 0 Å². The zero-order valence-corrected chi connectivity index (χ0v) is 16.0. The lowest BCUT2D eigenvalue weighted by atomic mass is 10.2. The largest absolute Gasteiger partial charge is 0.336 e. The molecule has 1 aromatic heterocycles. The molecule has 1 aliphatic heterocycles. The molecular formula is C18H21ClFN5O2. The fraction of sp³-hybridized carbons (Fsp3) is 0.389. The molecule has 1 N–H and O–H groups in total. The van der Waals surface area contributed by atoms with Gasteiger partial charge in [0, 0.05) is 38.9 Å². The number of carbonyl (C=O) groups is 2. The number of anilines is 1. The molecule has 0 atom stereocenters. The number of hydrogen-bond acceptors (Lipinski definition) is 4. The van der Waals surface area contributed by atoms with Gasteiger partial charge in [0.2, 0.25) is 5.91 Å². The van der Waals surface area contributed by atoms with Crippen LogP contribution in [0.4, 0.5) is 10.1 Å². The van der Waals surface area contributed by atoms with Crippen LogP contribution in [0.5, 0.6) is 0 Å². The molecule has 2 aromatic rings. The highest BCUT2D eigenvalue weighted by molar-refractivity contribution is 6.33. The van der Waals surface area contributed by atoms with Gasteiger partial charge in [-0.2, -0.15) is 5.10 Å². The number of carbonyl (C=O) groups excluding carboxylic acids is 2. The topological polar surface area (TPSA) is 70.5 Å². The molecule has 2 heterocycles. The standard InChI is InChI=1S/C18H21ClFN5O2/c1-12-16(17(19)23(2)22-12)18(27)25-8-6-24(7-9-25)11-15(26)21-14-5-3-4-13(20)10-14/h3-5,10H,6-9,11H2,1-2H3,(H,21,26). The lowest BCUT2D eigenvalue weighted by Gasteiger charge is -2.34. The molecule has 0 aliphatic carbocycles. The molecule has 1 aromatic carbocycles. The van der Waals surface area contributed by atoms with Crippen molar-refractivity contribution in [3.63, 3.8) is 0 Å². The monoisotopic (exact) mass is 393 g/mol. The van der Waals surface area contributed by atoms with Crippen molar-refractivity contribution in [3.05, 3.63) is 46.5 Å². The van der Waals surface area contributed by atoms with Gasteiger partial charge in [0.25, 0.3) is 5.91 Å². The van der Waals surface area contributed by atoms with E-state index in [2.05, 4.69) is 10.4 Å². The second-order valence-electron chi connectivity index (χ2n) is 6.50. The van der Waals surface area contributed by atoms with Crippen molar-refractivity contribution >= 4 is 29.1 Å². The number of piperazine rings is 1. The zero-order valence-electron chi connectivity index (χ0n) is 15.2. The molecular weight excluding hydrogens is 373 g/mol. The molecule has 7 nitrogen and oxygen atoms in total. The Morgan fingerprint density at radius 2 is 1.96 bits per heavy atom. The van der Waals surface area contributed by atoms with Crippen LogP contribution in [0.3, 0.4) is 0 Å². The van der Waals surface area contributed by atoms with E-state index in [9.17, 15) is 14.0 Å². The van der Waals surface area contributed by atoms with E-state index >= 15 is 0 Å². The molecule has 0 spiro atoms. The first-order valence-electron chi connectivity index (χ1n) is 8.61. The molecule has 0 radical (unpaired) electrons. The summed E-state index contributed by atoms with van der Waals surface area (Å²) in [6, 6.07) is 5.77. The molecule has 2 amide bonds. The van der Waals surface area contributed by atoms with Gasteiger partial charge in [-0.25, -0.2) is 4.39 Å². The maximum absolute atomic E-state index is 13.2. The first-order valence-corrected chi connectivity index (χ1v) is 8.99. The predicted octanol–water partition coefficient (Wildman–Crippen LogP) is 1.92. The van der Waals surface area contributed by atoms with E-state index in [-0.39, 0.29) is 18.4 Å². The summed E-state index contributed by atoms with van der Waals surface area (Å²) >= 11 is 6.18. The Labute approximate surface area is 161 Å². The minimum atomic E-state index is -0.399. The second kappa shape index (κ2) is 8.06. The molecule has 9 heteroatoms. The van der Waals surface area contributed by atoms with Gasteiger partial charge in [-0.05, 0) is 25.1 Å². The smallest absolute Gasteiger partial charge is 0.258 e. The fourth-order valence-corrected chi connectivity index (χ4v) is 3.37. The molecule has 1 aliphatic rings.